The summed E-state index contributed by atoms with van der Waals surface area (Å²) in [5.74, 6) is -3.75. The van der Waals surface area contributed by atoms with Crippen molar-refractivity contribution in [3.05, 3.63) is 0 Å². The number of likely N-dealkylation sites (tertiary alicyclic amines) is 1. The average molecular weight is 549 g/mol. The summed E-state index contributed by atoms with van der Waals surface area (Å²) in [6.45, 7) is 12.0. The van der Waals surface area contributed by atoms with Gasteiger partial charge >= 0.3 is 12.3 Å². The summed E-state index contributed by atoms with van der Waals surface area (Å²) < 4.78 is 44.3. The van der Waals surface area contributed by atoms with Gasteiger partial charge in [-0.05, 0) is 42.9 Å². The molecule has 0 bridgehead atoms. The lowest BCUT2D eigenvalue weighted by Crippen LogP contribution is -2.61. The Balaban J connectivity index is 2.32. The van der Waals surface area contributed by atoms with Crippen LogP contribution < -0.4 is 16.4 Å². The molecular formula is C25H39F3N4O6. The van der Waals surface area contributed by atoms with Gasteiger partial charge in [0.2, 0.25) is 23.2 Å². The molecule has 216 valence electrons. The highest BCUT2D eigenvalue weighted by Crippen LogP contribution is 2.65. The molecule has 10 nitrogen and oxygen atoms in total. The van der Waals surface area contributed by atoms with Gasteiger partial charge in [0, 0.05) is 6.54 Å². The summed E-state index contributed by atoms with van der Waals surface area (Å²) >= 11 is 0. The Bertz CT molecular complexity index is 989. The third-order valence-electron chi connectivity index (χ3n) is 7.62. The maximum absolute atomic E-state index is 13.7. The van der Waals surface area contributed by atoms with E-state index in [1.54, 1.807) is 27.7 Å². The monoisotopic (exact) mass is 548 g/mol. The SMILES string of the molecule is CCCC(NC(=O)[C@@H]1[C@@H]2[C@H](CN1C(=O)[C@@H](NC(=O)OC(C)(C)C(F)(F)F)C(C)(C)C)C2(C)C)C(=O)C(N)=O. The lowest BCUT2D eigenvalue weighted by atomic mass is 9.85. The van der Waals surface area contributed by atoms with Crippen LogP contribution in [0.15, 0.2) is 0 Å². The zero-order chi connectivity index (χ0) is 29.6. The molecule has 1 unspecified atom stereocenters. The molecule has 5 atom stereocenters. The van der Waals surface area contributed by atoms with E-state index in [4.69, 9.17) is 5.73 Å². The molecule has 1 saturated heterocycles. The molecule has 0 radical (unpaired) electrons. The Labute approximate surface area is 220 Å². The van der Waals surface area contributed by atoms with E-state index in [-0.39, 0.29) is 30.2 Å². The van der Waals surface area contributed by atoms with Crippen molar-refractivity contribution in [2.45, 2.75) is 98.1 Å². The number of carbonyl (C=O) groups excluding carboxylic acids is 5. The van der Waals surface area contributed by atoms with Crippen molar-refractivity contribution in [1.82, 2.24) is 15.5 Å². The van der Waals surface area contributed by atoms with Gasteiger partial charge in [0.05, 0.1) is 6.04 Å². The van der Waals surface area contributed by atoms with Gasteiger partial charge in [-0.3, -0.25) is 19.2 Å². The first-order valence-electron chi connectivity index (χ1n) is 12.6. The summed E-state index contributed by atoms with van der Waals surface area (Å²) in [5.41, 5.74) is 1.08. The number of primary amides is 1. The molecule has 1 aliphatic carbocycles. The standard InChI is InChI=1S/C25H39F3N4O6/c1-9-10-13(16(33)18(29)34)30-19(35)15-14-12(23(14,5)6)11-32(15)20(36)17(22(2,3)4)31-21(37)38-24(7,8)25(26,27)28/h12-15,17H,9-11H2,1-8H3,(H2,29,34)(H,30,35)(H,31,37)/t12-,13?,14-,15-,17+/m0/s1. The molecule has 0 aromatic heterocycles. The number of carbonyl (C=O) groups is 5. The van der Waals surface area contributed by atoms with Crippen LogP contribution in [0.25, 0.3) is 0 Å². The van der Waals surface area contributed by atoms with Crippen molar-refractivity contribution in [2.24, 2.45) is 28.4 Å². The molecular weight excluding hydrogens is 509 g/mol. The Hall–Kier alpha value is -2.86. The van der Waals surface area contributed by atoms with E-state index in [9.17, 15) is 37.1 Å². The fourth-order valence-corrected chi connectivity index (χ4v) is 5.05. The van der Waals surface area contributed by atoms with Gasteiger partial charge in [0.15, 0.2) is 0 Å². The third-order valence-corrected chi connectivity index (χ3v) is 7.62. The number of ether oxygens (including phenoxy) is 1. The first-order chi connectivity index (χ1) is 17.1. The number of hydrogen-bond acceptors (Lipinski definition) is 6. The fraction of sp³-hybridized carbons (Fsp3) is 0.800. The lowest BCUT2D eigenvalue weighted by molar-refractivity contribution is -0.244. The largest absolute Gasteiger partial charge is 0.434 e. The summed E-state index contributed by atoms with van der Waals surface area (Å²) in [5, 5.41) is 4.83. The minimum Gasteiger partial charge on any atom is -0.434 e. The van der Waals surface area contributed by atoms with Gasteiger partial charge in [0.25, 0.3) is 5.91 Å². The average Bonchev–Trinajstić information content (AvgIpc) is 3.07. The second-order valence-corrected chi connectivity index (χ2v) is 12.3. The van der Waals surface area contributed by atoms with E-state index in [0.717, 1.165) is 0 Å². The van der Waals surface area contributed by atoms with Gasteiger partial charge < -0.3 is 26.0 Å². The number of hydrogen-bond donors (Lipinski definition) is 3. The number of rotatable bonds is 9. The molecule has 1 heterocycles. The van der Waals surface area contributed by atoms with Crippen LogP contribution in [0, 0.1) is 22.7 Å². The van der Waals surface area contributed by atoms with Crippen LogP contribution in [0.5, 0.6) is 0 Å². The molecule has 2 aliphatic rings. The highest BCUT2D eigenvalue weighted by atomic mass is 19.4. The van der Waals surface area contributed by atoms with E-state index in [0.29, 0.717) is 20.3 Å². The van der Waals surface area contributed by atoms with Crippen molar-refractivity contribution in [2.75, 3.05) is 6.54 Å². The molecule has 4 amide bonds. The van der Waals surface area contributed by atoms with Crippen LogP contribution in [0.4, 0.5) is 18.0 Å². The van der Waals surface area contributed by atoms with Crippen molar-refractivity contribution in [1.29, 1.82) is 0 Å². The minimum absolute atomic E-state index is 0.0459. The third kappa shape index (κ3) is 6.23. The number of fused-ring (bicyclic) bond motifs is 1. The number of piperidine rings is 1. The number of nitrogens with two attached hydrogens (primary N) is 1. The first kappa shape index (κ1) is 31.4. The molecule has 1 saturated carbocycles. The number of alkyl carbamates (subject to hydrolysis) is 1. The van der Waals surface area contributed by atoms with Gasteiger partial charge in [0.1, 0.15) is 12.1 Å². The zero-order valence-electron chi connectivity index (χ0n) is 23.1. The number of alkyl halides is 3. The van der Waals surface area contributed by atoms with E-state index in [2.05, 4.69) is 15.4 Å². The van der Waals surface area contributed by atoms with Crippen molar-refractivity contribution in [3.8, 4) is 0 Å². The number of nitrogens with one attached hydrogen (secondary N) is 2. The summed E-state index contributed by atoms with van der Waals surface area (Å²) in [6, 6.07) is -3.50. The predicted octanol–water partition coefficient (Wildman–Crippen LogP) is 2.29. The zero-order valence-corrected chi connectivity index (χ0v) is 23.1. The topological polar surface area (TPSA) is 148 Å². The molecule has 2 rings (SSSR count). The highest BCUT2D eigenvalue weighted by molar-refractivity contribution is 6.37. The number of halogens is 3. The quantitative estimate of drug-likeness (QED) is 0.377. The maximum Gasteiger partial charge on any atom is 0.427 e. The summed E-state index contributed by atoms with van der Waals surface area (Å²) in [4.78, 5) is 64.7. The Morgan fingerprint density at radius 3 is 2.05 bits per heavy atom. The van der Waals surface area contributed by atoms with E-state index >= 15 is 0 Å². The molecule has 0 aromatic rings. The van der Waals surface area contributed by atoms with Gasteiger partial charge in [-0.1, -0.05) is 48.0 Å². The van der Waals surface area contributed by atoms with E-state index in [1.165, 1.54) is 4.90 Å². The van der Waals surface area contributed by atoms with E-state index < -0.39 is 64.9 Å². The van der Waals surface area contributed by atoms with Crippen LogP contribution in [0.2, 0.25) is 0 Å². The predicted molar refractivity (Wildman–Crippen MR) is 130 cm³/mol. The highest BCUT2D eigenvalue weighted by Gasteiger charge is 2.70. The lowest BCUT2D eigenvalue weighted by Gasteiger charge is -2.38. The normalized spacial score (nSPS) is 24.1. The molecule has 2 fully saturated rings. The van der Waals surface area contributed by atoms with Crippen molar-refractivity contribution in [3.63, 3.8) is 0 Å². The Kier molecular flexibility index (Phi) is 8.55. The van der Waals surface area contributed by atoms with Crippen LogP contribution in [0.3, 0.4) is 0 Å². The van der Waals surface area contributed by atoms with E-state index in [1.807, 2.05) is 13.8 Å². The van der Waals surface area contributed by atoms with Crippen molar-refractivity contribution >= 4 is 29.6 Å². The van der Waals surface area contributed by atoms with Crippen LogP contribution in [-0.2, 0) is 23.9 Å². The smallest absolute Gasteiger partial charge is 0.427 e. The number of nitrogens with zero attached hydrogens (tertiary/aromatic N) is 1. The molecule has 0 spiro atoms. The minimum atomic E-state index is -4.84. The molecule has 13 heteroatoms. The number of amides is 4. The van der Waals surface area contributed by atoms with Crippen LogP contribution >= 0.6 is 0 Å². The second-order valence-electron chi connectivity index (χ2n) is 12.3. The van der Waals surface area contributed by atoms with Crippen LogP contribution in [0.1, 0.15) is 68.2 Å². The Morgan fingerprint density at radius 1 is 1.05 bits per heavy atom. The molecule has 0 aromatic carbocycles. The van der Waals surface area contributed by atoms with Gasteiger partial charge in [-0.25, -0.2) is 4.79 Å². The fourth-order valence-electron chi connectivity index (χ4n) is 5.05. The van der Waals surface area contributed by atoms with Gasteiger partial charge in [-0.2, -0.15) is 13.2 Å². The number of Topliss-reactive ketones (excluding diaryl/α,β-unsaturated/α-hetero) is 1. The number of ketones is 1. The molecule has 38 heavy (non-hydrogen) atoms. The molecule has 1 aliphatic heterocycles. The van der Waals surface area contributed by atoms with Crippen molar-refractivity contribution < 1.29 is 41.9 Å². The summed E-state index contributed by atoms with van der Waals surface area (Å²) in [6.07, 6.45) is -5.63. The van der Waals surface area contributed by atoms with Gasteiger partial charge in [-0.15, -0.1) is 0 Å². The van der Waals surface area contributed by atoms with Crippen LogP contribution in [-0.4, -0.2) is 70.9 Å². The maximum atomic E-state index is 13.7. The Morgan fingerprint density at radius 2 is 1.61 bits per heavy atom. The molecule has 4 N–H and O–H groups in total. The summed E-state index contributed by atoms with van der Waals surface area (Å²) in [7, 11) is 0. The first-order valence-corrected chi connectivity index (χ1v) is 12.6. The second kappa shape index (κ2) is 10.4.